The number of unbranched alkanes of at least 4 members (excludes halogenated alkanes) is 11. The van der Waals surface area contributed by atoms with Crippen LogP contribution in [0.2, 0.25) is 5.02 Å². The summed E-state index contributed by atoms with van der Waals surface area (Å²) in [7, 11) is 0. The minimum Gasteiger partial charge on any atom is -0.494 e. The number of benzene rings is 2. The lowest BCUT2D eigenvalue weighted by Gasteiger charge is -2.11. The van der Waals surface area contributed by atoms with E-state index in [1.165, 1.54) is 76.3 Å². The number of rotatable bonds is 20. The Hall–Kier alpha value is -2.57. The van der Waals surface area contributed by atoms with Crippen molar-refractivity contribution in [2.75, 3.05) is 18.5 Å². The number of hydrogen-bond acceptors (Lipinski definition) is 4. The van der Waals surface area contributed by atoms with Gasteiger partial charge >= 0.3 is 0 Å². The zero-order chi connectivity index (χ0) is 28.4. The lowest BCUT2D eigenvalue weighted by Crippen LogP contribution is -2.34. The molecule has 1 N–H and O–H groups in total. The van der Waals surface area contributed by atoms with E-state index >= 15 is 0 Å². The Bertz CT molecular complexity index is 1150. The van der Waals surface area contributed by atoms with Gasteiger partial charge in [-0.1, -0.05) is 113 Å². The fraction of sp³-hybridized carbons (Fsp3) is 0.515. The van der Waals surface area contributed by atoms with Gasteiger partial charge in [0.15, 0.2) is 18.8 Å². The number of aromatic nitrogens is 1. The van der Waals surface area contributed by atoms with Gasteiger partial charge < -0.3 is 14.8 Å². The minimum absolute atomic E-state index is 0.124. The second kappa shape index (κ2) is 18.7. The Labute approximate surface area is 249 Å². The molecular weight excluding hydrogens is 540 g/mol. The SMILES string of the molecule is CCCCCCCCCCCCCCOc1ccc(OCC(=O)Nc2cccc(C[n+]3cscc3C)c2)c(Cl)c1. The molecule has 0 radical (unpaired) electrons. The van der Waals surface area contributed by atoms with Crippen molar-refractivity contribution in [1.29, 1.82) is 0 Å². The van der Waals surface area contributed by atoms with E-state index in [-0.39, 0.29) is 12.5 Å². The molecule has 0 saturated carbocycles. The minimum atomic E-state index is -0.236. The number of anilines is 1. The van der Waals surface area contributed by atoms with E-state index in [9.17, 15) is 4.79 Å². The number of hydrogen-bond donors (Lipinski definition) is 1. The molecule has 2 aromatic carbocycles. The summed E-state index contributed by atoms with van der Waals surface area (Å²) >= 11 is 8.07. The highest BCUT2D eigenvalue weighted by Crippen LogP contribution is 2.29. The number of carbonyl (C=O) groups is 1. The molecule has 0 unspecified atom stereocenters. The predicted octanol–water partition coefficient (Wildman–Crippen LogP) is 9.14. The van der Waals surface area contributed by atoms with Crippen molar-refractivity contribution >= 4 is 34.5 Å². The van der Waals surface area contributed by atoms with Crippen molar-refractivity contribution < 1.29 is 18.8 Å². The number of aryl methyl sites for hydroxylation is 1. The lowest BCUT2D eigenvalue weighted by atomic mass is 10.1. The fourth-order valence-corrected chi connectivity index (χ4v) is 5.63. The Morgan fingerprint density at radius 3 is 2.25 bits per heavy atom. The summed E-state index contributed by atoms with van der Waals surface area (Å²) in [6.07, 6.45) is 15.9. The van der Waals surface area contributed by atoms with Crippen molar-refractivity contribution in [3.63, 3.8) is 0 Å². The summed E-state index contributed by atoms with van der Waals surface area (Å²) in [4.78, 5) is 12.5. The van der Waals surface area contributed by atoms with Crippen LogP contribution in [0.5, 0.6) is 11.5 Å². The van der Waals surface area contributed by atoms with Gasteiger partial charge in [-0.25, -0.2) is 0 Å². The van der Waals surface area contributed by atoms with E-state index in [0.29, 0.717) is 17.4 Å². The van der Waals surface area contributed by atoms with Crippen LogP contribution in [-0.4, -0.2) is 19.1 Å². The third-order valence-corrected chi connectivity index (χ3v) is 8.12. The van der Waals surface area contributed by atoms with Crippen LogP contribution in [0.3, 0.4) is 0 Å². The highest BCUT2D eigenvalue weighted by Gasteiger charge is 2.11. The quantitative estimate of drug-likeness (QED) is 0.106. The zero-order valence-electron chi connectivity index (χ0n) is 24.3. The second-order valence-electron chi connectivity index (χ2n) is 10.5. The van der Waals surface area contributed by atoms with Crippen LogP contribution < -0.4 is 19.4 Å². The Kier molecular flexibility index (Phi) is 15.0. The maximum Gasteiger partial charge on any atom is 0.262 e. The van der Waals surface area contributed by atoms with Crippen LogP contribution in [0.1, 0.15) is 95.2 Å². The van der Waals surface area contributed by atoms with Gasteiger partial charge in [-0.2, -0.15) is 4.57 Å². The predicted molar refractivity (Wildman–Crippen MR) is 167 cm³/mol. The van der Waals surface area contributed by atoms with Crippen molar-refractivity contribution in [3.05, 3.63) is 69.6 Å². The van der Waals surface area contributed by atoms with Gasteiger partial charge in [-0.05, 0) is 30.7 Å². The van der Waals surface area contributed by atoms with Gasteiger partial charge in [0.2, 0.25) is 5.51 Å². The molecule has 1 heterocycles. The maximum atomic E-state index is 12.5. The number of nitrogens with one attached hydrogen (secondary N) is 1. The molecule has 0 spiro atoms. The molecule has 5 nitrogen and oxygen atoms in total. The van der Waals surface area contributed by atoms with E-state index < -0.39 is 0 Å². The van der Waals surface area contributed by atoms with E-state index in [1.54, 1.807) is 23.5 Å². The summed E-state index contributed by atoms with van der Waals surface area (Å²) in [5, 5.41) is 5.46. The molecule has 3 rings (SSSR count). The van der Waals surface area contributed by atoms with Crippen molar-refractivity contribution in [2.45, 2.75) is 97.4 Å². The van der Waals surface area contributed by atoms with E-state index in [1.807, 2.05) is 24.3 Å². The number of carbonyl (C=O) groups excluding carboxylic acids is 1. The summed E-state index contributed by atoms with van der Waals surface area (Å²) in [5.74, 6) is 0.952. The average molecular weight is 586 g/mol. The number of amides is 1. The van der Waals surface area contributed by atoms with E-state index in [4.69, 9.17) is 21.1 Å². The number of ether oxygens (including phenoxy) is 2. The molecule has 0 saturated heterocycles. The molecule has 3 aromatic rings. The van der Waals surface area contributed by atoms with Crippen LogP contribution in [0.4, 0.5) is 5.69 Å². The lowest BCUT2D eigenvalue weighted by molar-refractivity contribution is -0.689. The smallest absolute Gasteiger partial charge is 0.262 e. The molecule has 0 fully saturated rings. The van der Waals surface area contributed by atoms with Crippen LogP contribution in [-0.2, 0) is 11.3 Å². The zero-order valence-corrected chi connectivity index (χ0v) is 25.8. The Morgan fingerprint density at radius 2 is 1.60 bits per heavy atom. The van der Waals surface area contributed by atoms with Gasteiger partial charge in [-0.3, -0.25) is 4.79 Å². The largest absolute Gasteiger partial charge is 0.494 e. The Morgan fingerprint density at radius 1 is 0.900 bits per heavy atom. The molecule has 0 atom stereocenters. The first-order valence-electron chi connectivity index (χ1n) is 14.9. The molecule has 7 heteroatoms. The second-order valence-corrected chi connectivity index (χ2v) is 11.6. The maximum absolute atomic E-state index is 12.5. The van der Waals surface area contributed by atoms with Crippen LogP contribution in [0.25, 0.3) is 0 Å². The van der Waals surface area contributed by atoms with E-state index in [0.717, 1.165) is 30.0 Å². The normalized spacial score (nSPS) is 11.0. The first-order chi connectivity index (χ1) is 19.5. The first kappa shape index (κ1) is 32.0. The van der Waals surface area contributed by atoms with Gasteiger partial charge in [0, 0.05) is 24.2 Å². The van der Waals surface area contributed by atoms with Gasteiger partial charge in [-0.15, -0.1) is 0 Å². The highest BCUT2D eigenvalue weighted by molar-refractivity contribution is 7.07. The summed E-state index contributed by atoms with van der Waals surface area (Å²) in [5.41, 5.74) is 5.17. The molecule has 0 aliphatic rings. The van der Waals surface area contributed by atoms with Crippen LogP contribution in [0, 0.1) is 6.92 Å². The molecule has 40 heavy (non-hydrogen) atoms. The highest BCUT2D eigenvalue weighted by atomic mass is 35.5. The standard InChI is InChI=1S/C33H45ClN2O3S/c1-3-4-5-6-7-8-9-10-11-12-13-14-20-38-30-18-19-32(31(34)22-30)39-24-33(37)35-29-17-15-16-28(21-29)23-36-26-40-25-27(36)2/h15-19,21-22,25-26H,3-14,20,23-24H2,1-2H3/p+1. The van der Waals surface area contributed by atoms with Crippen LogP contribution >= 0.6 is 22.9 Å². The third-order valence-electron chi connectivity index (χ3n) is 6.97. The van der Waals surface area contributed by atoms with Crippen LogP contribution in [0.15, 0.2) is 53.4 Å². The van der Waals surface area contributed by atoms with Crippen molar-refractivity contribution in [3.8, 4) is 11.5 Å². The first-order valence-corrected chi connectivity index (χ1v) is 16.2. The monoisotopic (exact) mass is 585 g/mol. The summed E-state index contributed by atoms with van der Waals surface area (Å²) < 4.78 is 13.7. The average Bonchev–Trinajstić information content (AvgIpc) is 3.34. The van der Waals surface area contributed by atoms with Gasteiger partial charge in [0.1, 0.15) is 11.5 Å². The molecule has 1 aromatic heterocycles. The topological polar surface area (TPSA) is 51.4 Å². The molecule has 218 valence electrons. The van der Waals surface area contributed by atoms with Gasteiger partial charge in [0.05, 0.1) is 17.0 Å². The number of thiazole rings is 1. The van der Waals surface area contributed by atoms with Crippen molar-refractivity contribution in [2.24, 2.45) is 0 Å². The molecule has 0 bridgehead atoms. The summed E-state index contributed by atoms with van der Waals surface area (Å²) in [6.45, 7) is 5.67. The molecule has 1 amide bonds. The van der Waals surface area contributed by atoms with Crippen molar-refractivity contribution in [1.82, 2.24) is 0 Å². The third kappa shape index (κ3) is 12.3. The molecule has 0 aliphatic carbocycles. The fourth-order valence-electron chi connectivity index (χ4n) is 4.62. The van der Waals surface area contributed by atoms with Gasteiger partial charge in [0.25, 0.3) is 5.91 Å². The molecular formula is C33H46ClN2O3S+. The number of nitrogens with zero attached hydrogens (tertiary/aromatic N) is 1. The Balaban J connectivity index is 1.28. The van der Waals surface area contributed by atoms with E-state index in [2.05, 4.69) is 40.7 Å². The summed E-state index contributed by atoms with van der Waals surface area (Å²) in [6, 6.07) is 13.2. The number of halogens is 1. The molecule has 0 aliphatic heterocycles.